The number of carbonyl (C=O) groups excluding carboxylic acids is 2. The summed E-state index contributed by atoms with van der Waals surface area (Å²) in [6, 6.07) is 23.9. The van der Waals surface area contributed by atoms with Gasteiger partial charge < -0.3 is 20.1 Å². The molecule has 0 atom stereocenters. The molecule has 2 aromatic heterocycles. The van der Waals surface area contributed by atoms with Gasteiger partial charge in [-0.25, -0.2) is 19.3 Å². The van der Waals surface area contributed by atoms with E-state index in [1.807, 2.05) is 73.7 Å². The van der Waals surface area contributed by atoms with Crippen molar-refractivity contribution in [3.63, 3.8) is 0 Å². The number of nitrogens with one attached hydrogen (secondary N) is 4. The Balaban J connectivity index is 1.09. The first-order valence-electron chi connectivity index (χ1n) is 17.4. The molecule has 12 nitrogen and oxygen atoms in total. The lowest BCUT2D eigenvalue weighted by Crippen LogP contribution is -2.37. The number of amides is 4. The van der Waals surface area contributed by atoms with Crippen LogP contribution in [-0.4, -0.2) is 71.1 Å². The number of nitrogens with zero attached hydrogens (tertiary/aromatic N) is 4. The second kappa shape index (κ2) is 16.0. The number of carbonyl (C=O) groups is 2. The van der Waals surface area contributed by atoms with Crippen LogP contribution < -0.4 is 26.0 Å². The molecule has 12 heteroatoms. The van der Waals surface area contributed by atoms with Gasteiger partial charge >= 0.3 is 12.1 Å². The van der Waals surface area contributed by atoms with Crippen LogP contribution in [0.25, 0.3) is 16.5 Å². The molecular formula is C39H46N8O4. The zero-order valence-corrected chi connectivity index (χ0v) is 29.7. The highest BCUT2D eigenvalue weighted by Gasteiger charge is 2.22. The van der Waals surface area contributed by atoms with Crippen LogP contribution >= 0.6 is 0 Å². The number of hydrogen-bond acceptors (Lipinski definition) is 7. The Morgan fingerprint density at radius 2 is 1.63 bits per heavy atom. The number of aromatic nitrogens is 3. The quantitative estimate of drug-likeness (QED) is 0.104. The molecule has 0 bridgehead atoms. The van der Waals surface area contributed by atoms with Crippen molar-refractivity contribution in [3.05, 3.63) is 96.3 Å². The number of unbranched alkanes of at least 4 members (excludes halogenated alkanes) is 1. The second-order valence-corrected chi connectivity index (χ2v) is 13.7. The minimum absolute atomic E-state index is 0.212. The van der Waals surface area contributed by atoms with Crippen molar-refractivity contribution in [1.82, 2.24) is 25.0 Å². The van der Waals surface area contributed by atoms with Crippen LogP contribution in [0.2, 0.25) is 0 Å². The first kappa shape index (κ1) is 35.4. The van der Waals surface area contributed by atoms with Gasteiger partial charge in [-0.3, -0.25) is 15.5 Å². The van der Waals surface area contributed by atoms with Crippen molar-refractivity contribution in [1.29, 1.82) is 0 Å². The summed E-state index contributed by atoms with van der Waals surface area (Å²) >= 11 is 0. The van der Waals surface area contributed by atoms with E-state index in [0.29, 0.717) is 35.4 Å². The number of rotatable bonds is 11. The minimum Gasteiger partial charge on any atom is -0.457 e. The Hall–Kier alpha value is -5.46. The Bertz CT molecular complexity index is 1960. The van der Waals surface area contributed by atoms with Crippen molar-refractivity contribution in [2.75, 3.05) is 55.3 Å². The molecule has 51 heavy (non-hydrogen) atoms. The smallest absolute Gasteiger partial charge is 0.324 e. The van der Waals surface area contributed by atoms with Gasteiger partial charge in [0.1, 0.15) is 23.1 Å². The van der Waals surface area contributed by atoms with E-state index in [1.165, 1.54) is 0 Å². The van der Waals surface area contributed by atoms with Crippen molar-refractivity contribution in [2.45, 2.75) is 46.0 Å². The van der Waals surface area contributed by atoms with Gasteiger partial charge in [0.15, 0.2) is 0 Å². The van der Waals surface area contributed by atoms with Crippen molar-refractivity contribution in [3.8, 4) is 17.2 Å². The largest absolute Gasteiger partial charge is 0.457 e. The van der Waals surface area contributed by atoms with Crippen LogP contribution in [0.1, 0.15) is 44.9 Å². The molecule has 1 saturated heterocycles. The minimum atomic E-state index is -0.400. The zero-order chi connectivity index (χ0) is 35.8. The molecule has 266 valence electrons. The van der Waals surface area contributed by atoms with Crippen LogP contribution in [0, 0.1) is 6.92 Å². The fourth-order valence-electron chi connectivity index (χ4n) is 5.78. The van der Waals surface area contributed by atoms with Gasteiger partial charge in [0, 0.05) is 54.2 Å². The normalized spacial score (nSPS) is 13.5. The van der Waals surface area contributed by atoms with Crippen LogP contribution in [0.4, 0.5) is 26.9 Å². The fraction of sp³-hybridized carbons (Fsp3) is 0.333. The Labute approximate surface area is 298 Å². The van der Waals surface area contributed by atoms with Gasteiger partial charge in [-0.15, -0.1) is 0 Å². The number of ether oxygens (including phenoxy) is 2. The fourth-order valence-corrected chi connectivity index (χ4v) is 5.78. The third kappa shape index (κ3) is 9.41. The van der Waals surface area contributed by atoms with Gasteiger partial charge in [0.05, 0.1) is 30.3 Å². The average Bonchev–Trinajstić information content (AvgIpc) is 3.54. The highest BCUT2D eigenvalue weighted by molar-refractivity contribution is 6.07. The lowest BCUT2D eigenvalue weighted by atomic mass is 9.92. The molecule has 1 aliphatic heterocycles. The molecule has 0 radical (unpaired) electrons. The number of urea groups is 2. The lowest BCUT2D eigenvalue weighted by Gasteiger charge is -2.26. The molecular weight excluding hydrogens is 644 g/mol. The maximum atomic E-state index is 13.4. The third-order valence-corrected chi connectivity index (χ3v) is 8.62. The number of anilines is 3. The molecule has 3 aromatic carbocycles. The van der Waals surface area contributed by atoms with E-state index < -0.39 is 6.03 Å². The van der Waals surface area contributed by atoms with Gasteiger partial charge in [-0.05, 0) is 56.6 Å². The van der Waals surface area contributed by atoms with E-state index in [0.717, 1.165) is 73.4 Å². The van der Waals surface area contributed by atoms with Crippen molar-refractivity contribution < 1.29 is 19.1 Å². The third-order valence-electron chi connectivity index (χ3n) is 8.62. The Kier molecular flexibility index (Phi) is 11.1. The number of fused-ring (bicyclic) bond motifs is 1. The predicted molar refractivity (Wildman–Crippen MR) is 201 cm³/mol. The standard InChI is InChI=1S/C39H46N8O4/c1-27-11-13-28(14-12-27)47-36(26-34(45-47)39(2,3)4)44-38(49)42-32-15-16-33(31-10-6-5-9-30(31)32)51-29-17-19-40-35(25-29)43-37(48)41-18-7-8-20-46-21-23-50-24-22-46/h5-6,9-17,19,25-26H,7-8,18,20-24H2,1-4H3,(H2,42,44,49)(H2,40,41,43,48). The monoisotopic (exact) mass is 690 g/mol. The summed E-state index contributed by atoms with van der Waals surface area (Å²) in [5, 5.41) is 18.1. The number of morpholine rings is 1. The van der Waals surface area contributed by atoms with E-state index in [2.05, 4.69) is 51.9 Å². The van der Waals surface area contributed by atoms with E-state index in [1.54, 1.807) is 23.0 Å². The maximum Gasteiger partial charge on any atom is 0.324 e. The van der Waals surface area contributed by atoms with E-state index in [4.69, 9.17) is 14.6 Å². The maximum absolute atomic E-state index is 13.4. The summed E-state index contributed by atoms with van der Waals surface area (Å²) in [6.07, 6.45) is 3.48. The summed E-state index contributed by atoms with van der Waals surface area (Å²) in [7, 11) is 0. The molecule has 1 fully saturated rings. The summed E-state index contributed by atoms with van der Waals surface area (Å²) < 4.78 is 13.4. The molecule has 3 heterocycles. The summed E-state index contributed by atoms with van der Waals surface area (Å²) in [5.41, 5.74) is 3.25. The molecule has 5 aromatic rings. The molecule has 0 spiro atoms. The number of aryl methyl sites for hydroxylation is 1. The number of hydrogen-bond donors (Lipinski definition) is 4. The Morgan fingerprint density at radius 3 is 2.39 bits per heavy atom. The van der Waals surface area contributed by atoms with Gasteiger partial charge in [0.2, 0.25) is 0 Å². The summed E-state index contributed by atoms with van der Waals surface area (Å²) in [6.45, 7) is 13.4. The highest BCUT2D eigenvalue weighted by Crippen LogP contribution is 2.35. The van der Waals surface area contributed by atoms with E-state index in [-0.39, 0.29) is 11.4 Å². The number of pyridine rings is 1. The predicted octanol–water partition coefficient (Wildman–Crippen LogP) is 7.70. The molecule has 0 unspecified atom stereocenters. The SMILES string of the molecule is Cc1ccc(-n2nc(C(C)(C)C)cc2NC(=O)Nc2ccc(Oc3ccnc(NC(=O)NCCCCN4CCOCC4)c3)c3ccccc23)cc1. The molecule has 6 rings (SSSR count). The molecule has 4 N–H and O–H groups in total. The van der Waals surface area contributed by atoms with Crippen LogP contribution in [0.3, 0.4) is 0 Å². The van der Waals surface area contributed by atoms with Gasteiger partial charge in [-0.2, -0.15) is 5.10 Å². The van der Waals surface area contributed by atoms with Crippen LogP contribution in [-0.2, 0) is 10.2 Å². The molecule has 4 amide bonds. The molecule has 1 aliphatic rings. The van der Waals surface area contributed by atoms with Crippen LogP contribution in [0.15, 0.2) is 85.1 Å². The second-order valence-electron chi connectivity index (χ2n) is 13.7. The average molecular weight is 691 g/mol. The zero-order valence-electron chi connectivity index (χ0n) is 29.7. The lowest BCUT2D eigenvalue weighted by molar-refractivity contribution is 0.0372. The van der Waals surface area contributed by atoms with Gasteiger partial charge in [0.25, 0.3) is 0 Å². The highest BCUT2D eigenvalue weighted by atomic mass is 16.5. The van der Waals surface area contributed by atoms with E-state index in [9.17, 15) is 9.59 Å². The number of benzene rings is 3. The van der Waals surface area contributed by atoms with Gasteiger partial charge in [-0.1, -0.05) is 62.7 Å². The van der Waals surface area contributed by atoms with Crippen molar-refractivity contribution in [2.24, 2.45) is 0 Å². The van der Waals surface area contributed by atoms with Crippen molar-refractivity contribution >= 4 is 40.2 Å². The first-order chi connectivity index (χ1) is 24.6. The Morgan fingerprint density at radius 1 is 0.863 bits per heavy atom. The summed E-state index contributed by atoms with van der Waals surface area (Å²) in [4.78, 5) is 32.6. The molecule has 0 aliphatic carbocycles. The van der Waals surface area contributed by atoms with Crippen LogP contribution in [0.5, 0.6) is 11.5 Å². The first-order valence-corrected chi connectivity index (χ1v) is 17.4. The topological polar surface area (TPSA) is 135 Å². The van der Waals surface area contributed by atoms with E-state index >= 15 is 0 Å². The molecule has 0 saturated carbocycles. The summed E-state index contributed by atoms with van der Waals surface area (Å²) in [5.74, 6) is 2.03.